The molecule has 0 bridgehead atoms. The first-order valence-corrected chi connectivity index (χ1v) is 14.9. The number of hydrogen-bond acceptors (Lipinski definition) is 5. The van der Waals surface area contributed by atoms with Gasteiger partial charge in [-0.15, -0.1) is 22.7 Å². The fourth-order valence-corrected chi connectivity index (χ4v) is 8.82. The minimum atomic E-state index is -0.321. The number of anilines is 1. The summed E-state index contributed by atoms with van der Waals surface area (Å²) < 4.78 is 7.73. The van der Waals surface area contributed by atoms with Gasteiger partial charge >= 0.3 is 12.0 Å². The third-order valence-corrected chi connectivity index (χ3v) is 10.4. The third-order valence-electron chi connectivity index (χ3n) is 7.82. The van der Waals surface area contributed by atoms with E-state index in [0.717, 1.165) is 56.2 Å². The van der Waals surface area contributed by atoms with Crippen molar-refractivity contribution in [3.63, 3.8) is 0 Å². The average Bonchev–Trinajstić information content (AvgIpc) is 3.57. The molecule has 4 heterocycles. The summed E-state index contributed by atoms with van der Waals surface area (Å²) in [6.45, 7) is 4.88. The number of nitrogens with one attached hydrogen (secondary N) is 1. The zero-order valence-corrected chi connectivity index (χ0v) is 22.7. The van der Waals surface area contributed by atoms with E-state index in [1.807, 2.05) is 23.2 Å². The van der Waals surface area contributed by atoms with E-state index >= 15 is 0 Å². The number of aromatic nitrogens is 1. The van der Waals surface area contributed by atoms with Crippen LogP contribution in [0.15, 0.2) is 18.3 Å². The Morgan fingerprint density at radius 2 is 1.72 bits per heavy atom. The largest absolute Gasteiger partial charge is 0.462 e. The van der Waals surface area contributed by atoms with Crippen LogP contribution in [0.25, 0.3) is 5.00 Å². The molecule has 0 radical (unpaired) electrons. The SMILES string of the molecule is CCOC(=O)c1c(NC(=O)N2Cc3c(sc4c3CCCC4)-n3cccc3[C@H]2CC)sc2c1CCCC2. The molecule has 0 unspecified atom stereocenters. The summed E-state index contributed by atoms with van der Waals surface area (Å²) in [5.74, 6) is -0.321. The predicted molar refractivity (Wildman–Crippen MR) is 145 cm³/mol. The standard InChI is InChI=1S/C28H33N3O3S2/c1-3-20-21-12-9-15-30(21)26-19(17-10-5-7-13-22(17)36-26)16-31(20)28(33)29-25-24(27(32)34-4-2)18-11-6-8-14-23(18)35-25/h9,12,15,20H,3-8,10-11,13-14,16H2,1-2H3,(H,29,33)/t20-/m1/s1. The van der Waals surface area contributed by atoms with Gasteiger partial charge in [0, 0.05) is 27.2 Å². The molecule has 2 amide bonds. The lowest BCUT2D eigenvalue weighted by Gasteiger charge is -2.30. The summed E-state index contributed by atoms with van der Waals surface area (Å²) in [4.78, 5) is 31.7. The molecule has 3 aliphatic rings. The number of rotatable bonds is 4. The Morgan fingerprint density at radius 1 is 1.00 bits per heavy atom. The Labute approximate surface area is 220 Å². The quantitative estimate of drug-likeness (QED) is 0.373. The van der Waals surface area contributed by atoms with E-state index in [0.29, 0.717) is 23.7 Å². The highest BCUT2D eigenvalue weighted by Gasteiger charge is 2.35. The molecule has 0 fully saturated rings. The van der Waals surface area contributed by atoms with Crippen LogP contribution >= 0.6 is 22.7 Å². The molecule has 190 valence electrons. The van der Waals surface area contributed by atoms with E-state index in [9.17, 15) is 9.59 Å². The van der Waals surface area contributed by atoms with Crippen LogP contribution < -0.4 is 5.32 Å². The number of ether oxygens (including phenoxy) is 1. The lowest BCUT2D eigenvalue weighted by molar-refractivity contribution is 0.0526. The zero-order chi connectivity index (χ0) is 24.8. The molecule has 6 nitrogen and oxygen atoms in total. The van der Waals surface area contributed by atoms with E-state index in [1.54, 1.807) is 11.3 Å². The van der Waals surface area contributed by atoms with Gasteiger partial charge in [0.1, 0.15) is 10.0 Å². The first-order chi connectivity index (χ1) is 17.6. The summed E-state index contributed by atoms with van der Waals surface area (Å²) in [7, 11) is 0. The van der Waals surface area contributed by atoms with E-state index in [2.05, 4.69) is 35.1 Å². The zero-order valence-electron chi connectivity index (χ0n) is 21.0. The van der Waals surface area contributed by atoms with Crippen LogP contribution in [-0.4, -0.2) is 28.1 Å². The summed E-state index contributed by atoms with van der Waals surface area (Å²) in [6.07, 6.45) is 11.7. The maximum atomic E-state index is 14.0. The highest BCUT2D eigenvalue weighted by Crippen LogP contribution is 2.44. The first-order valence-electron chi connectivity index (χ1n) is 13.3. The Bertz CT molecular complexity index is 1320. The number of nitrogens with zero attached hydrogens (tertiary/aromatic N) is 2. The van der Waals surface area contributed by atoms with E-state index in [4.69, 9.17) is 4.74 Å². The van der Waals surface area contributed by atoms with Crippen LogP contribution in [0.4, 0.5) is 9.80 Å². The molecule has 0 aromatic carbocycles. The maximum absolute atomic E-state index is 14.0. The summed E-state index contributed by atoms with van der Waals surface area (Å²) in [6, 6.07) is 4.06. The third kappa shape index (κ3) is 3.89. The van der Waals surface area contributed by atoms with Crippen molar-refractivity contribution in [3.05, 3.63) is 56.0 Å². The second-order valence-electron chi connectivity index (χ2n) is 9.92. The normalized spacial score (nSPS) is 18.5. The molecule has 8 heteroatoms. The number of aryl methyl sites for hydroxylation is 2. The topological polar surface area (TPSA) is 63.6 Å². The molecule has 2 aliphatic carbocycles. The van der Waals surface area contributed by atoms with Gasteiger partial charge in [-0.2, -0.15) is 0 Å². The number of fused-ring (bicyclic) bond motifs is 6. The van der Waals surface area contributed by atoms with Gasteiger partial charge in [0.05, 0.1) is 24.8 Å². The molecule has 1 aliphatic heterocycles. The first kappa shape index (κ1) is 23.8. The van der Waals surface area contributed by atoms with Crippen LogP contribution in [-0.2, 0) is 37.0 Å². The highest BCUT2D eigenvalue weighted by atomic mass is 32.1. The lowest BCUT2D eigenvalue weighted by Crippen LogP contribution is -2.37. The monoisotopic (exact) mass is 523 g/mol. The maximum Gasteiger partial charge on any atom is 0.341 e. The number of esters is 1. The van der Waals surface area contributed by atoms with Gasteiger partial charge in [0.2, 0.25) is 0 Å². The molecular formula is C28H33N3O3S2. The second-order valence-corrected chi connectivity index (χ2v) is 12.1. The fourth-order valence-electron chi connectivity index (χ4n) is 6.15. The van der Waals surface area contributed by atoms with E-state index < -0.39 is 0 Å². The highest BCUT2D eigenvalue weighted by molar-refractivity contribution is 7.17. The van der Waals surface area contributed by atoms with Crippen molar-refractivity contribution in [2.45, 2.75) is 84.2 Å². The Balaban J connectivity index is 1.39. The Morgan fingerprint density at radius 3 is 2.47 bits per heavy atom. The molecule has 3 aromatic heterocycles. The fraction of sp³-hybridized carbons (Fsp3) is 0.500. The molecule has 1 atom stereocenters. The molecule has 3 aromatic rings. The van der Waals surface area contributed by atoms with Gasteiger partial charge < -0.3 is 14.2 Å². The minimum absolute atomic E-state index is 0.0422. The average molecular weight is 524 g/mol. The van der Waals surface area contributed by atoms with E-state index in [1.165, 1.54) is 38.7 Å². The molecule has 0 saturated heterocycles. The molecule has 0 spiro atoms. The molecule has 1 N–H and O–H groups in total. The summed E-state index contributed by atoms with van der Waals surface area (Å²) in [5.41, 5.74) is 5.56. The van der Waals surface area contributed by atoms with Crippen molar-refractivity contribution in [3.8, 4) is 5.00 Å². The molecule has 36 heavy (non-hydrogen) atoms. The van der Waals surface area contributed by atoms with Crippen LogP contribution in [0.2, 0.25) is 0 Å². The Kier molecular flexibility index (Phi) is 6.42. The Hall–Kier alpha value is -2.58. The van der Waals surface area contributed by atoms with Crippen LogP contribution in [0.3, 0.4) is 0 Å². The number of thiophene rings is 2. The van der Waals surface area contributed by atoms with Crippen molar-refractivity contribution in [2.24, 2.45) is 0 Å². The predicted octanol–water partition coefficient (Wildman–Crippen LogP) is 7.03. The smallest absolute Gasteiger partial charge is 0.341 e. The number of urea groups is 1. The summed E-state index contributed by atoms with van der Waals surface area (Å²) in [5, 5.41) is 5.11. The van der Waals surface area contributed by atoms with E-state index in [-0.39, 0.29) is 18.0 Å². The van der Waals surface area contributed by atoms with Crippen LogP contribution in [0.1, 0.15) is 94.5 Å². The van der Waals surface area contributed by atoms with Crippen molar-refractivity contribution in [2.75, 3.05) is 11.9 Å². The van der Waals surface area contributed by atoms with Crippen LogP contribution in [0.5, 0.6) is 0 Å². The van der Waals surface area contributed by atoms with Gasteiger partial charge in [0.25, 0.3) is 0 Å². The second kappa shape index (κ2) is 9.71. The van der Waals surface area contributed by atoms with Crippen molar-refractivity contribution < 1.29 is 14.3 Å². The number of hydrogen-bond donors (Lipinski definition) is 1. The van der Waals surface area contributed by atoms with Crippen molar-refractivity contribution in [1.29, 1.82) is 0 Å². The minimum Gasteiger partial charge on any atom is -0.462 e. The van der Waals surface area contributed by atoms with Gasteiger partial charge in [-0.3, -0.25) is 5.32 Å². The van der Waals surface area contributed by atoms with Gasteiger partial charge in [0.15, 0.2) is 0 Å². The van der Waals surface area contributed by atoms with Gasteiger partial charge in [-0.05, 0) is 88.0 Å². The van der Waals surface area contributed by atoms with Crippen molar-refractivity contribution in [1.82, 2.24) is 9.47 Å². The van der Waals surface area contributed by atoms with Gasteiger partial charge in [-0.25, -0.2) is 9.59 Å². The number of carbonyl (C=O) groups excluding carboxylic acids is 2. The number of carbonyl (C=O) groups is 2. The lowest BCUT2D eigenvalue weighted by atomic mass is 9.95. The molecule has 6 rings (SSSR count). The molecule has 0 saturated carbocycles. The molecular weight excluding hydrogens is 490 g/mol. The van der Waals surface area contributed by atoms with Crippen LogP contribution in [0, 0.1) is 0 Å². The van der Waals surface area contributed by atoms with Gasteiger partial charge in [-0.1, -0.05) is 6.92 Å². The summed E-state index contributed by atoms with van der Waals surface area (Å²) >= 11 is 3.46. The van der Waals surface area contributed by atoms with Crippen molar-refractivity contribution >= 4 is 39.7 Å². The number of amides is 2.